The van der Waals surface area contributed by atoms with E-state index in [1.54, 1.807) is 21.3 Å². The fraction of sp³-hybridized carbons (Fsp3) is 1.00. The second kappa shape index (κ2) is 8.10. The SMILES string of the molecule is CCCCC[CH2][Zr]([O]C)([O]C)[O]C. The Morgan fingerprint density at radius 1 is 0.846 bits per heavy atom. The van der Waals surface area contributed by atoms with Gasteiger partial charge in [-0.15, -0.1) is 0 Å². The molecule has 3 nitrogen and oxygen atoms in total. The van der Waals surface area contributed by atoms with Gasteiger partial charge < -0.3 is 0 Å². The monoisotopic (exact) mass is 268 g/mol. The number of unbranched alkanes of at least 4 members (excludes halogenated alkanes) is 3. The van der Waals surface area contributed by atoms with Crippen LogP contribution in [0.4, 0.5) is 0 Å². The molecule has 0 N–H and O–H groups in total. The summed E-state index contributed by atoms with van der Waals surface area (Å²) < 4.78 is 17.1. The van der Waals surface area contributed by atoms with E-state index in [4.69, 9.17) is 8.44 Å². The van der Waals surface area contributed by atoms with E-state index in [9.17, 15) is 0 Å². The third-order valence-electron chi connectivity index (χ3n) is 2.27. The summed E-state index contributed by atoms with van der Waals surface area (Å²) in [5.41, 5.74) is 0. The van der Waals surface area contributed by atoms with Gasteiger partial charge in [-0.25, -0.2) is 0 Å². The van der Waals surface area contributed by atoms with Crippen LogP contribution in [0, 0.1) is 0 Å². The van der Waals surface area contributed by atoms with Crippen LogP contribution < -0.4 is 0 Å². The Kier molecular flexibility index (Phi) is 8.58. The van der Waals surface area contributed by atoms with Gasteiger partial charge >= 0.3 is 88.1 Å². The molecule has 0 unspecified atom stereocenters. The fourth-order valence-electron chi connectivity index (χ4n) is 1.32. The van der Waals surface area contributed by atoms with Crippen LogP contribution in [0.1, 0.15) is 32.6 Å². The van der Waals surface area contributed by atoms with E-state index in [1.165, 1.54) is 25.7 Å². The molecule has 0 radical (unpaired) electrons. The Morgan fingerprint density at radius 2 is 1.38 bits per heavy atom. The molecule has 0 aromatic carbocycles. The number of rotatable bonds is 8. The topological polar surface area (TPSA) is 27.7 Å². The quantitative estimate of drug-likeness (QED) is 0.634. The van der Waals surface area contributed by atoms with Gasteiger partial charge in [-0.1, -0.05) is 0 Å². The van der Waals surface area contributed by atoms with Crippen molar-refractivity contribution in [2.75, 3.05) is 21.3 Å². The molecule has 0 atom stereocenters. The Morgan fingerprint density at radius 3 is 1.77 bits per heavy atom. The second-order valence-corrected chi connectivity index (χ2v) is 10.7. The molecule has 0 aliphatic rings. The first-order valence-corrected chi connectivity index (χ1v) is 9.65. The predicted octanol–water partition coefficient (Wildman–Crippen LogP) is 2.82. The summed E-state index contributed by atoms with van der Waals surface area (Å²) in [5, 5.41) is 0. The van der Waals surface area contributed by atoms with Crippen molar-refractivity contribution in [3.8, 4) is 0 Å². The van der Waals surface area contributed by atoms with E-state index in [1.807, 2.05) is 0 Å². The summed E-state index contributed by atoms with van der Waals surface area (Å²) in [7, 11) is 5.09. The number of hydrogen-bond acceptors (Lipinski definition) is 3. The van der Waals surface area contributed by atoms with Crippen LogP contribution in [-0.4, -0.2) is 21.3 Å². The van der Waals surface area contributed by atoms with Crippen LogP contribution in [0.25, 0.3) is 0 Å². The molecular formula is C9H22O3Zr. The summed E-state index contributed by atoms with van der Waals surface area (Å²) in [6, 6.07) is 0. The van der Waals surface area contributed by atoms with Crippen molar-refractivity contribution in [3.63, 3.8) is 0 Å². The zero-order chi connectivity index (χ0) is 10.2. The van der Waals surface area contributed by atoms with Gasteiger partial charge in [-0.2, -0.15) is 0 Å². The van der Waals surface area contributed by atoms with Crippen molar-refractivity contribution in [3.05, 3.63) is 0 Å². The van der Waals surface area contributed by atoms with E-state index in [0.717, 1.165) is 4.13 Å². The zero-order valence-electron chi connectivity index (χ0n) is 9.26. The maximum atomic E-state index is 5.38. The summed E-state index contributed by atoms with van der Waals surface area (Å²) in [4.78, 5) is 0. The fourth-order valence-corrected chi connectivity index (χ4v) is 5.74. The molecule has 0 aromatic rings. The Hall–Kier alpha value is 0.763. The van der Waals surface area contributed by atoms with Crippen molar-refractivity contribution < 1.29 is 30.0 Å². The van der Waals surface area contributed by atoms with Gasteiger partial charge in [0.1, 0.15) is 0 Å². The van der Waals surface area contributed by atoms with Crippen molar-refractivity contribution in [2.24, 2.45) is 0 Å². The van der Waals surface area contributed by atoms with Crippen LogP contribution in [0.15, 0.2) is 0 Å². The molecule has 0 saturated carbocycles. The summed E-state index contributed by atoms with van der Waals surface area (Å²) >= 11 is -3.01. The molecule has 0 rings (SSSR count). The molecular weight excluding hydrogens is 247 g/mol. The van der Waals surface area contributed by atoms with Gasteiger partial charge in [0, 0.05) is 0 Å². The van der Waals surface area contributed by atoms with Crippen LogP contribution in [0.5, 0.6) is 0 Å². The first-order valence-electron chi connectivity index (χ1n) is 4.90. The van der Waals surface area contributed by atoms with Crippen LogP contribution in [0.2, 0.25) is 4.13 Å². The summed E-state index contributed by atoms with van der Waals surface area (Å²) in [5.74, 6) is 0. The van der Waals surface area contributed by atoms with Gasteiger partial charge in [0.15, 0.2) is 0 Å². The van der Waals surface area contributed by atoms with E-state index < -0.39 is 21.6 Å². The Labute approximate surface area is 88.0 Å². The molecule has 0 aliphatic heterocycles. The molecule has 0 fully saturated rings. The molecule has 4 heteroatoms. The first-order chi connectivity index (χ1) is 6.24. The van der Waals surface area contributed by atoms with Gasteiger partial charge in [-0.3, -0.25) is 0 Å². The minimum atomic E-state index is -3.01. The standard InChI is InChI=1S/C6H13.3CH3O.Zr/c1-3-5-6-4-2;3*1-2;/h1,3-6H2,2H3;3*1H3;/q;3*-1;+3. The van der Waals surface area contributed by atoms with Crippen LogP contribution in [-0.2, 0) is 30.0 Å². The van der Waals surface area contributed by atoms with E-state index in [-0.39, 0.29) is 0 Å². The summed E-state index contributed by atoms with van der Waals surface area (Å²) in [6.45, 7) is 2.21. The normalized spacial score (nSPS) is 12.0. The van der Waals surface area contributed by atoms with Crippen molar-refractivity contribution in [1.82, 2.24) is 0 Å². The van der Waals surface area contributed by atoms with Crippen LogP contribution >= 0.6 is 0 Å². The molecule has 0 aromatic heterocycles. The molecule has 0 amide bonds. The zero-order valence-corrected chi connectivity index (χ0v) is 11.7. The summed E-state index contributed by atoms with van der Waals surface area (Å²) in [6.07, 6.45) is 4.97. The molecule has 80 valence electrons. The number of hydrogen-bond donors (Lipinski definition) is 0. The van der Waals surface area contributed by atoms with Gasteiger partial charge in [0.25, 0.3) is 0 Å². The van der Waals surface area contributed by atoms with Gasteiger partial charge in [-0.05, 0) is 0 Å². The minimum absolute atomic E-state index is 0.998. The van der Waals surface area contributed by atoms with Crippen molar-refractivity contribution >= 4 is 0 Å². The molecule has 13 heavy (non-hydrogen) atoms. The third-order valence-corrected chi connectivity index (χ3v) is 9.23. The first kappa shape index (κ1) is 13.8. The second-order valence-electron chi connectivity index (χ2n) is 3.11. The van der Waals surface area contributed by atoms with E-state index in [2.05, 4.69) is 6.92 Å². The maximum absolute atomic E-state index is 5.38. The van der Waals surface area contributed by atoms with Crippen molar-refractivity contribution in [1.29, 1.82) is 0 Å². The van der Waals surface area contributed by atoms with Crippen molar-refractivity contribution in [2.45, 2.75) is 36.7 Å². The van der Waals surface area contributed by atoms with E-state index >= 15 is 0 Å². The average molecular weight is 269 g/mol. The van der Waals surface area contributed by atoms with E-state index in [0.29, 0.717) is 0 Å². The molecule has 0 heterocycles. The van der Waals surface area contributed by atoms with Crippen LogP contribution in [0.3, 0.4) is 0 Å². The Bertz CT molecular complexity index is 107. The molecule has 0 saturated heterocycles. The predicted molar refractivity (Wildman–Crippen MR) is 50.0 cm³/mol. The Balaban J connectivity index is 3.68. The van der Waals surface area contributed by atoms with Gasteiger partial charge in [0.05, 0.1) is 0 Å². The van der Waals surface area contributed by atoms with Gasteiger partial charge in [0.2, 0.25) is 0 Å². The molecule has 0 aliphatic carbocycles. The average Bonchev–Trinajstić information content (AvgIpc) is 2.20. The molecule has 0 bridgehead atoms. The molecule has 0 spiro atoms. The third kappa shape index (κ3) is 5.26.